The van der Waals surface area contributed by atoms with Crippen molar-refractivity contribution in [1.29, 1.82) is 0 Å². The Morgan fingerprint density at radius 2 is 2.05 bits per heavy atom. The molecule has 0 radical (unpaired) electrons. The molecule has 0 unspecified atom stereocenters. The Hall–Kier alpha value is -1.40. The zero-order chi connectivity index (χ0) is 15.7. The van der Waals surface area contributed by atoms with E-state index in [0.29, 0.717) is 30.7 Å². The number of carbonyl (C=O) groups is 1. The molecule has 0 aliphatic carbocycles. The van der Waals surface area contributed by atoms with Crippen LogP contribution in [0.15, 0.2) is 6.20 Å². The van der Waals surface area contributed by atoms with E-state index < -0.39 is 0 Å². The molecule has 3 heterocycles. The van der Waals surface area contributed by atoms with Crippen LogP contribution in [0.3, 0.4) is 0 Å². The van der Waals surface area contributed by atoms with Crippen LogP contribution >= 0.6 is 11.6 Å². The van der Waals surface area contributed by atoms with Gasteiger partial charge in [0.05, 0.1) is 23.4 Å². The van der Waals surface area contributed by atoms with Gasteiger partial charge < -0.3 is 14.5 Å². The average molecular weight is 325 g/mol. The van der Waals surface area contributed by atoms with Crippen molar-refractivity contribution in [2.24, 2.45) is 0 Å². The lowest BCUT2D eigenvalue weighted by Gasteiger charge is -2.38. The van der Waals surface area contributed by atoms with Crippen LogP contribution in [0, 0.1) is 0 Å². The summed E-state index contributed by atoms with van der Waals surface area (Å²) in [5, 5.41) is 0.303. The van der Waals surface area contributed by atoms with Crippen LogP contribution in [0.1, 0.15) is 37.2 Å². The van der Waals surface area contributed by atoms with Crippen LogP contribution in [0.25, 0.3) is 0 Å². The van der Waals surface area contributed by atoms with E-state index in [4.69, 9.17) is 16.3 Å². The Bertz CT molecular complexity index is 573. The third-order valence-electron chi connectivity index (χ3n) is 4.04. The zero-order valence-corrected chi connectivity index (χ0v) is 13.8. The van der Waals surface area contributed by atoms with Crippen molar-refractivity contribution in [3.05, 3.63) is 16.9 Å². The molecule has 3 rings (SSSR count). The Morgan fingerprint density at radius 3 is 2.73 bits per heavy atom. The molecule has 0 atom stereocenters. The third-order valence-corrected chi connectivity index (χ3v) is 4.31. The molecular weight excluding hydrogens is 304 g/mol. The Balaban J connectivity index is 1.83. The van der Waals surface area contributed by atoms with Crippen molar-refractivity contribution < 1.29 is 9.53 Å². The molecule has 1 amide bonds. The highest BCUT2D eigenvalue weighted by Gasteiger charge is 2.32. The van der Waals surface area contributed by atoms with Gasteiger partial charge in [-0.15, -0.1) is 0 Å². The van der Waals surface area contributed by atoms with Crippen molar-refractivity contribution in [2.75, 3.05) is 37.7 Å². The second-order valence-electron chi connectivity index (χ2n) is 6.40. The molecule has 0 N–H and O–H groups in total. The normalized spacial score (nSPS) is 21.2. The van der Waals surface area contributed by atoms with Gasteiger partial charge in [0.2, 0.25) is 5.95 Å². The first-order chi connectivity index (χ1) is 10.5. The summed E-state index contributed by atoms with van der Waals surface area (Å²) >= 11 is 6.17. The number of hydrogen-bond acceptors (Lipinski definition) is 5. The molecule has 0 spiro atoms. The highest BCUT2D eigenvalue weighted by Crippen LogP contribution is 2.23. The van der Waals surface area contributed by atoms with Crippen LogP contribution in [-0.4, -0.2) is 59.2 Å². The molecular formula is C15H21ClN4O2. The van der Waals surface area contributed by atoms with Crippen LogP contribution in [0.4, 0.5) is 5.95 Å². The Morgan fingerprint density at radius 1 is 1.32 bits per heavy atom. The maximum Gasteiger partial charge on any atom is 0.274 e. The molecule has 22 heavy (non-hydrogen) atoms. The molecule has 2 fully saturated rings. The van der Waals surface area contributed by atoms with Crippen LogP contribution in [0.5, 0.6) is 0 Å². The summed E-state index contributed by atoms with van der Waals surface area (Å²) in [6.45, 7) is 7.43. The van der Waals surface area contributed by atoms with Gasteiger partial charge in [-0.3, -0.25) is 4.79 Å². The smallest absolute Gasteiger partial charge is 0.274 e. The first-order valence-corrected chi connectivity index (χ1v) is 8.05. The fraction of sp³-hybridized carbons (Fsp3) is 0.667. The summed E-state index contributed by atoms with van der Waals surface area (Å²) in [5.41, 5.74) is -0.0539. The standard InChI is InChI=1S/C15H21ClN4O2/c1-15(2)10-20(7-8-22-15)13(21)12-11(16)9-17-14(18-12)19-5-3-4-6-19/h9H,3-8,10H2,1-2H3. The fourth-order valence-corrected chi connectivity index (χ4v) is 3.09. The molecule has 6 nitrogen and oxygen atoms in total. The van der Waals surface area contributed by atoms with Crippen molar-refractivity contribution in [3.63, 3.8) is 0 Å². The highest BCUT2D eigenvalue weighted by atomic mass is 35.5. The molecule has 0 aromatic carbocycles. The third kappa shape index (κ3) is 3.17. The minimum Gasteiger partial charge on any atom is -0.372 e. The van der Waals surface area contributed by atoms with Gasteiger partial charge in [0.15, 0.2) is 5.69 Å². The minimum atomic E-state index is -0.342. The number of halogens is 1. The molecule has 1 aromatic rings. The zero-order valence-electron chi connectivity index (χ0n) is 13.0. The summed E-state index contributed by atoms with van der Waals surface area (Å²) in [5.74, 6) is 0.446. The maximum atomic E-state index is 12.8. The number of ether oxygens (including phenoxy) is 1. The molecule has 0 saturated carbocycles. The largest absolute Gasteiger partial charge is 0.372 e. The number of aromatic nitrogens is 2. The van der Waals surface area contributed by atoms with Gasteiger partial charge in [0.25, 0.3) is 5.91 Å². The van der Waals surface area contributed by atoms with E-state index in [-0.39, 0.29) is 17.2 Å². The molecule has 2 aliphatic rings. The molecule has 120 valence electrons. The number of hydrogen-bond donors (Lipinski definition) is 0. The topological polar surface area (TPSA) is 58.6 Å². The molecule has 7 heteroatoms. The van der Waals surface area contributed by atoms with E-state index in [9.17, 15) is 4.79 Å². The van der Waals surface area contributed by atoms with Gasteiger partial charge in [0, 0.05) is 26.2 Å². The number of anilines is 1. The van der Waals surface area contributed by atoms with Gasteiger partial charge in [-0.05, 0) is 26.7 Å². The summed E-state index contributed by atoms with van der Waals surface area (Å²) in [6, 6.07) is 0. The number of morpholine rings is 1. The predicted octanol–water partition coefficient (Wildman–Crippen LogP) is 1.98. The minimum absolute atomic E-state index is 0.149. The lowest BCUT2D eigenvalue weighted by molar-refractivity contribution is -0.0765. The van der Waals surface area contributed by atoms with Crippen molar-refractivity contribution in [3.8, 4) is 0 Å². The Kier molecular flexibility index (Phi) is 4.23. The van der Waals surface area contributed by atoms with Gasteiger partial charge in [-0.2, -0.15) is 0 Å². The van der Waals surface area contributed by atoms with Gasteiger partial charge in [0.1, 0.15) is 0 Å². The SMILES string of the molecule is CC1(C)CN(C(=O)c2nc(N3CCCC3)ncc2Cl)CCO1. The van der Waals surface area contributed by atoms with E-state index in [1.54, 1.807) is 4.90 Å². The van der Waals surface area contributed by atoms with Crippen molar-refractivity contribution in [2.45, 2.75) is 32.3 Å². The van der Waals surface area contributed by atoms with E-state index >= 15 is 0 Å². The van der Waals surface area contributed by atoms with Crippen molar-refractivity contribution in [1.82, 2.24) is 14.9 Å². The van der Waals surface area contributed by atoms with Crippen LogP contribution in [-0.2, 0) is 4.74 Å². The molecule has 2 aliphatic heterocycles. The first kappa shape index (κ1) is 15.5. The lowest BCUT2D eigenvalue weighted by Crippen LogP contribution is -2.50. The second-order valence-corrected chi connectivity index (χ2v) is 6.80. The maximum absolute atomic E-state index is 12.8. The molecule has 2 saturated heterocycles. The second kappa shape index (κ2) is 6.01. The molecule has 1 aromatic heterocycles. The van der Waals surface area contributed by atoms with E-state index in [2.05, 4.69) is 14.9 Å². The fourth-order valence-electron chi connectivity index (χ4n) is 2.92. The summed E-state index contributed by atoms with van der Waals surface area (Å²) in [4.78, 5) is 25.3. The van der Waals surface area contributed by atoms with Crippen molar-refractivity contribution >= 4 is 23.5 Å². The van der Waals surface area contributed by atoms with Crippen LogP contribution < -0.4 is 4.90 Å². The summed E-state index contributed by atoms with van der Waals surface area (Å²) in [7, 11) is 0. The first-order valence-electron chi connectivity index (χ1n) is 7.67. The number of carbonyl (C=O) groups excluding carboxylic acids is 1. The summed E-state index contributed by atoms with van der Waals surface area (Å²) < 4.78 is 5.65. The van der Waals surface area contributed by atoms with Gasteiger partial charge >= 0.3 is 0 Å². The quantitative estimate of drug-likeness (QED) is 0.832. The monoisotopic (exact) mass is 324 g/mol. The lowest BCUT2D eigenvalue weighted by atomic mass is 10.1. The number of nitrogens with zero attached hydrogens (tertiary/aromatic N) is 4. The summed E-state index contributed by atoms with van der Waals surface area (Å²) in [6.07, 6.45) is 3.79. The van der Waals surface area contributed by atoms with Crippen LogP contribution in [0.2, 0.25) is 5.02 Å². The van der Waals surface area contributed by atoms with E-state index in [1.807, 2.05) is 13.8 Å². The van der Waals surface area contributed by atoms with Gasteiger partial charge in [-0.25, -0.2) is 9.97 Å². The highest BCUT2D eigenvalue weighted by molar-refractivity contribution is 6.33. The molecule has 0 bridgehead atoms. The van der Waals surface area contributed by atoms with Gasteiger partial charge in [-0.1, -0.05) is 11.6 Å². The Labute approximate surface area is 135 Å². The average Bonchev–Trinajstić information content (AvgIpc) is 3.00. The number of amides is 1. The number of rotatable bonds is 2. The predicted molar refractivity (Wildman–Crippen MR) is 84.4 cm³/mol. The van der Waals surface area contributed by atoms with E-state index in [0.717, 1.165) is 25.9 Å². The van der Waals surface area contributed by atoms with E-state index in [1.165, 1.54) is 6.20 Å².